The summed E-state index contributed by atoms with van der Waals surface area (Å²) in [5.41, 5.74) is 1.56. The highest BCUT2D eigenvalue weighted by molar-refractivity contribution is 8.00. The summed E-state index contributed by atoms with van der Waals surface area (Å²) < 4.78 is 3.84. The third kappa shape index (κ3) is 3.12. The van der Waals surface area contributed by atoms with Gasteiger partial charge in [0.1, 0.15) is 16.1 Å². The number of aromatic nitrogens is 6. The molecule has 0 atom stereocenters. The van der Waals surface area contributed by atoms with E-state index in [1.54, 1.807) is 23.1 Å². The molecular formula is C15H11ClN6S3. The number of hydrogen-bond donors (Lipinski definition) is 0. The maximum atomic E-state index is 6.28. The van der Waals surface area contributed by atoms with Crippen LogP contribution in [0.1, 0.15) is 0 Å². The predicted octanol–water partition coefficient (Wildman–Crippen LogP) is 4.41. The maximum Gasteiger partial charge on any atom is 0.197 e. The minimum atomic E-state index is 0.644. The molecule has 126 valence electrons. The summed E-state index contributed by atoms with van der Waals surface area (Å²) in [5.74, 6) is 0.715. The Morgan fingerprint density at radius 3 is 2.80 bits per heavy atom. The van der Waals surface area contributed by atoms with Crippen LogP contribution in [0.5, 0.6) is 0 Å². The van der Waals surface area contributed by atoms with Gasteiger partial charge in [0.05, 0.1) is 5.02 Å². The Kier molecular flexibility index (Phi) is 4.63. The van der Waals surface area contributed by atoms with Crippen molar-refractivity contribution in [2.24, 2.45) is 7.05 Å². The van der Waals surface area contributed by atoms with Crippen LogP contribution in [0, 0.1) is 0 Å². The summed E-state index contributed by atoms with van der Waals surface area (Å²) in [7, 11) is 1.92. The summed E-state index contributed by atoms with van der Waals surface area (Å²) >= 11 is 10.9. The number of hydrogen-bond acceptors (Lipinski definition) is 8. The Bertz CT molecular complexity index is 1060. The van der Waals surface area contributed by atoms with Crippen LogP contribution in [-0.2, 0) is 7.05 Å². The molecule has 1 aromatic carbocycles. The van der Waals surface area contributed by atoms with Crippen LogP contribution in [0.3, 0.4) is 0 Å². The first-order chi connectivity index (χ1) is 12.2. The average Bonchev–Trinajstić information content (AvgIpc) is 3.20. The standard InChI is InChI=1S/C15H11ClN6S3/c1-22-12(8-5-3-4-6-9(8)16)20-21-14(22)25-13-10-11(17-7-18-13)19-15(23-2)24-10/h3-7H,1-2H3. The van der Waals surface area contributed by atoms with Crippen LogP contribution >= 0.6 is 46.5 Å². The third-order valence-corrected chi connectivity index (χ3v) is 6.99. The number of thiazole rings is 1. The lowest BCUT2D eigenvalue weighted by molar-refractivity contribution is 0.793. The van der Waals surface area contributed by atoms with Crippen LogP contribution in [0.25, 0.3) is 21.7 Å². The first-order valence-electron chi connectivity index (χ1n) is 7.15. The number of nitrogens with zero attached hydrogens (tertiary/aromatic N) is 6. The second kappa shape index (κ2) is 6.91. The fourth-order valence-electron chi connectivity index (χ4n) is 2.24. The van der Waals surface area contributed by atoms with Crippen molar-refractivity contribution in [3.8, 4) is 11.4 Å². The molecule has 0 spiro atoms. The Morgan fingerprint density at radius 2 is 2.00 bits per heavy atom. The quantitative estimate of drug-likeness (QED) is 0.367. The minimum absolute atomic E-state index is 0.644. The van der Waals surface area contributed by atoms with Gasteiger partial charge in [-0.25, -0.2) is 15.0 Å². The van der Waals surface area contributed by atoms with E-state index in [1.165, 1.54) is 18.1 Å². The molecule has 0 saturated heterocycles. The molecule has 0 aliphatic heterocycles. The van der Waals surface area contributed by atoms with Gasteiger partial charge in [-0.1, -0.05) is 35.5 Å². The van der Waals surface area contributed by atoms with E-state index in [4.69, 9.17) is 11.6 Å². The molecule has 3 heterocycles. The molecular weight excluding hydrogens is 396 g/mol. The van der Waals surface area contributed by atoms with Crippen molar-refractivity contribution < 1.29 is 0 Å². The maximum absolute atomic E-state index is 6.28. The molecule has 6 nitrogen and oxygen atoms in total. The highest BCUT2D eigenvalue weighted by atomic mass is 35.5. The van der Waals surface area contributed by atoms with Gasteiger partial charge in [-0.2, -0.15) is 0 Å². The Hall–Kier alpha value is -1.68. The smallest absolute Gasteiger partial charge is 0.197 e. The van der Waals surface area contributed by atoms with E-state index >= 15 is 0 Å². The van der Waals surface area contributed by atoms with E-state index in [1.807, 2.05) is 42.1 Å². The van der Waals surface area contributed by atoms with Crippen molar-refractivity contribution in [1.29, 1.82) is 0 Å². The van der Waals surface area contributed by atoms with E-state index in [2.05, 4.69) is 25.1 Å². The second-order valence-corrected chi connectivity index (χ2v) is 8.38. The van der Waals surface area contributed by atoms with Crippen LogP contribution in [0.15, 0.2) is 45.1 Å². The van der Waals surface area contributed by atoms with Crippen molar-refractivity contribution in [1.82, 2.24) is 29.7 Å². The zero-order chi connectivity index (χ0) is 17.4. The molecule has 0 aliphatic carbocycles. The van der Waals surface area contributed by atoms with Gasteiger partial charge < -0.3 is 4.57 Å². The van der Waals surface area contributed by atoms with Gasteiger partial charge in [0.2, 0.25) is 0 Å². The largest absolute Gasteiger partial charge is 0.305 e. The highest BCUT2D eigenvalue weighted by Crippen LogP contribution is 2.36. The van der Waals surface area contributed by atoms with Crippen molar-refractivity contribution in [3.63, 3.8) is 0 Å². The molecule has 0 bridgehead atoms. The highest BCUT2D eigenvalue weighted by Gasteiger charge is 2.17. The molecule has 3 aromatic heterocycles. The van der Waals surface area contributed by atoms with E-state index in [0.29, 0.717) is 16.5 Å². The second-order valence-electron chi connectivity index (χ2n) is 4.96. The lowest BCUT2D eigenvalue weighted by Crippen LogP contribution is -1.95. The molecule has 4 aromatic rings. The van der Waals surface area contributed by atoms with E-state index in [0.717, 1.165) is 24.8 Å². The number of thioether (sulfide) groups is 1. The lowest BCUT2D eigenvalue weighted by atomic mass is 10.2. The summed E-state index contributed by atoms with van der Waals surface area (Å²) in [6.07, 6.45) is 3.52. The summed E-state index contributed by atoms with van der Waals surface area (Å²) in [4.78, 5) is 13.1. The summed E-state index contributed by atoms with van der Waals surface area (Å²) in [6.45, 7) is 0. The van der Waals surface area contributed by atoms with Gasteiger partial charge >= 0.3 is 0 Å². The molecule has 0 N–H and O–H groups in total. The zero-order valence-electron chi connectivity index (χ0n) is 13.2. The lowest BCUT2D eigenvalue weighted by Gasteiger charge is -2.05. The van der Waals surface area contributed by atoms with Crippen molar-refractivity contribution in [3.05, 3.63) is 35.6 Å². The van der Waals surface area contributed by atoms with E-state index in [9.17, 15) is 0 Å². The van der Waals surface area contributed by atoms with Gasteiger partial charge in [-0.3, -0.25) is 0 Å². The van der Waals surface area contributed by atoms with E-state index < -0.39 is 0 Å². The summed E-state index contributed by atoms with van der Waals surface area (Å²) in [5, 5.41) is 10.8. The normalized spacial score (nSPS) is 11.3. The first kappa shape index (κ1) is 16.8. The van der Waals surface area contributed by atoms with Crippen molar-refractivity contribution in [2.75, 3.05) is 6.26 Å². The predicted molar refractivity (Wildman–Crippen MR) is 103 cm³/mol. The van der Waals surface area contributed by atoms with Gasteiger partial charge in [0.15, 0.2) is 21.0 Å². The molecule has 0 saturated carbocycles. The number of benzene rings is 1. The molecule has 0 aliphatic rings. The van der Waals surface area contributed by atoms with Gasteiger partial charge in [0.25, 0.3) is 0 Å². The third-order valence-electron chi connectivity index (χ3n) is 3.45. The van der Waals surface area contributed by atoms with Crippen LogP contribution < -0.4 is 0 Å². The van der Waals surface area contributed by atoms with Gasteiger partial charge in [-0.05, 0) is 30.2 Å². The number of halogens is 1. The number of rotatable bonds is 4. The fraction of sp³-hybridized carbons (Fsp3) is 0.133. The Morgan fingerprint density at radius 1 is 1.16 bits per heavy atom. The zero-order valence-corrected chi connectivity index (χ0v) is 16.4. The minimum Gasteiger partial charge on any atom is -0.305 e. The Balaban J connectivity index is 1.73. The molecule has 0 amide bonds. The van der Waals surface area contributed by atoms with Crippen LogP contribution in [0.4, 0.5) is 0 Å². The first-order valence-corrected chi connectivity index (χ1v) is 10.4. The molecule has 4 rings (SSSR count). The monoisotopic (exact) mass is 406 g/mol. The average molecular weight is 407 g/mol. The number of fused-ring (bicyclic) bond motifs is 1. The SMILES string of the molecule is CSc1nc2ncnc(Sc3nnc(-c4ccccc4Cl)n3C)c2s1. The topological polar surface area (TPSA) is 69.4 Å². The Labute approximate surface area is 161 Å². The van der Waals surface area contributed by atoms with Crippen LogP contribution in [-0.4, -0.2) is 36.0 Å². The molecule has 10 heteroatoms. The molecule has 0 fully saturated rings. The van der Waals surface area contributed by atoms with Gasteiger partial charge in [-0.15, -0.1) is 21.5 Å². The molecule has 0 radical (unpaired) electrons. The molecule has 25 heavy (non-hydrogen) atoms. The van der Waals surface area contributed by atoms with Crippen molar-refractivity contribution >= 4 is 56.8 Å². The van der Waals surface area contributed by atoms with Crippen molar-refractivity contribution in [2.45, 2.75) is 14.5 Å². The molecule has 0 unspecified atom stereocenters. The van der Waals surface area contributed by atoms with E-state index in [-0.39, 0.29) is 0 Å². The van der Waals surface area contributed by atoms with Crippen LogP contribution in [0.2, 0.25) is 5.02 Å². The van der Waals surface area contributed by atoms with Gasteiger partial charge in [0, 0.05) is 12.6 Å². The fourth-order valence-corrected chi connectivity index (χ4v) is 4.87. The summed E-state index contributed by atoms with van der Waals surface area (Å²) in [6, 6.07) is 7.59.